The van der Waals surface area contributed by atoms with E-state index in [0.29, 0.717) is 31.3 Å². The Morgan fingerprint density at radius 3 is 2.96 bits per heavy atom. The highest BCUT2D eigenvalue weighted by molar-refractivity contribution is 5.92. The number of ether oxygens (including phenoxy) is 1. The summed E-state index contributed by atoms with van der Waals surface area (Å²) in [4.78, 5) is 31.4. The average molecular weight is 328 g/mol. The number of amides is 1. The molecule has 2 aromatic rings. The Hall–Kier alpha value is -2.61. The number of hydrogen-bond acceptors (Lipinski definition) is 7. The summed E-state index contributed by atoms with van der Waals surface area (Å²) in [5.74, 6) is 1.09. The Morgan fingerprint density at radius 1 is 1.33 bits per heavy atom. The van der Waals surface area contributed by atoms with Crippen molar-refractivity contribution in [3.05, 3.63) is 42.4 Å². The molecule has 8 heteroatoms. The first-order valence-corrected chi connectivity index (χ1v) is 7.89. The number of carbonyl (C=O) groups excluding carboxylic acids is 1. The monoisotopic (exact) mass is 328 g/mol. The summed E-state index contributed by atoms with van der Waals surface area (Å²) in [6.45, 7) is 5.37. The molecular weight excluding hydrogens is 308 g/mol. The zero-order valence-corrected chi connectivity index (χ0v) is 13.7. The summed E-state index contributed by atoms with van der Waals surface area (Å²) in [6.07, 6.45) is 6.20. The molecule has 1 aliphatic rings. The smallest absolute Gasteiger partial charge is 0.274 e. The van der Waals surface area contributed by atoms with Gasteiger partial charge in [-0.15, -0.1) is 0 Å². The second kappa shape index (κ2) is 7.31. The van der Waals surface area contributed by atoms with Crippen LogP contribution in [0, 0.1) is 0 Å². The molecule has 1 amide bonds. The molecule has 0 aliphatic carbocycles. The van der Waals surface area contributed by atoms with Crippen molar-refractivity contribution in [2.45, 2.75) is 25.9 Å². The molecule has 0 aromatic carbocycles. The lowest BCUT2D eigenvalue weighted by Crippen LogP contribution is -2.44. The van der Waals surface area contributed by atoms with Gasteiger partial charge in [0.15, 0.2) is 5.82 Å². The maximum absolute atomic E-state index is 12.7. The van der Waals surface area contributed by atoms with E-state index in [1.54, 1.807) is 11.1 Å². The lowest BCUT2D eigenvalue weighted by molar-refractivity contribution is -0.00552. The summed E-state index contributed by atoms with van der Waals surface area (Å²) in [5, 5.41) is 3.24. The van der Waals surface area contributed by atoms with E-state index in [1.165, 1.54) is 18.6 Å². The highest BCUT2D eigenvalue weighted by Crippen LogP contribution is 2.23. The third kappa shape index (κ3) is 3.65. The normalized spacial score (nSPS) is 17.8. The van der Waals surface area contributed by atoms with E-state index in [1.807, 2.05) is 19.9 Å². The van der Waals surface area contributed by atoms with Crippen LogP contribution in [0.15, 0.2) is 30.9 Å². The topological polar surface area (TPSA) is 93.1 Å². The largest absolute Gasteiger partial charge is 0.377 e. The van der Waals surface area contributed by atoms with E-state index in [9.17, 15) is 4.79 Å². The van der Waals surface area contributed by atoms with Crippen molar-refractivity contribution in [3.8, 4) is 0 Å². The van der Waals surface area contributed by atoms with E-state index in [0.717, 1.165) is 5.82 Å². The number of nitrogens with one attached hydrogen (secondary N) is 1. The minimum atomic E-state index is -0.345. The lowest BCUT2D eigenvalue weighted by Gasteiger charge is -2.34. The van der Waals surface area contributed by atoms with Crippen LogP contribution in [0.3, 0.4) is 0 Å². The van der Waals surface area contributed by atoms with Crippen molar-refractivity contribution in [3.63, 3.8) is 0 Å². The number of hydrogen-bond donors (Lipinski definition) is 1. The Labute approximate surface area is 140 Å². The molecule has 0 saturated carbocycles. The Morgan fingerprint density at radius 2 is 2.21 bits per heavy atom. The van der Waals surface area contributed by atoms with Gasteiger partial charge in [0.05, 0.1) is 19.4 Å². The third-order valence-electron chi connectivity index (χ3n) is 3.58. The van der Waals surface area contributed by atoms with Crippen molar-refractivity contribution in [1.82, 2.24) is 24.8 Å². The zero-order chi connectivity index (χ0) is 16.9. The summed E-state index contributed by atoms with van der Waals surface area (Å²) in [6, 6.07) is 1.72. The van der Waals surface area contributed by atoms with Gasteiger partial charge in [-0.2, -0.15) is 0 Å². The number of rotatable bonds is 4. The van der Waals surface area contributed by atoms with Crippen molar-refractivity contribution in [2.24, 2.45) is 0 Å². The van der Waals surface area contributed by atoms with Gasteiger partial charge in [0, 0.05) is 31.2 Å². The molecule has 8 nitrogen and oxygen atoms in total. The van der Waals surface area contributed by atoms with E-state index in [4.69, 9.17) is 4.74 Å². The van der Waals surface area contributed by atoms with Gasteiger partial charge in [0.25, 0.3) is 5.91 Å². The molecule has 3 heterocycles. The number of nitrogens with zero attached hydrogens (tertiary/aromatic N) is 5. The fourth-order valence-electron chi connectivity index (χ4n) is 2.53. The SMILES string of the molecule is CC(C)Nc1ccnc([C@H]2COCCN2C(=O)c2cnccn2)n1. The molecule has 2 aromatic heterocycles. The first-order valence-electron chi connectivity index (χ1n) is 7.89. The van der Waals surface area contributed by atoms with Crippen molar-refractivity contribution < 1.29 is 9.53 Å². The molecule has 0 bridgehead atoms. The third-order valence-corrected chi connectivity index (χ3v) is 3.58. The molecule has 1 saturated heterocycles. The first kappa shape index (κ1) is 16.3. The molecule has 1 aliphatic heterocycles. The molecule has 0 unspecified atom stereocenters. The quantitative estimate of drug-likeness (QED) is 0.904. The van der Waals surface area contributed by atoms with E-state index in [2.05, 4.69) is 25.3 Å². The minimum Gasteiger partial charge on any atom is -0.377 e. The van der Waals surface area contributed by atoms with Crippen molar-refractivity contribution in [1.29, 1.82) is 0 Å². The van der Waals surface area contributed by atoms with E-state index in [-0.39, 0.29) is 18.0 Å². The summed E-state index contributed by atoms with van der Waals surface area (Å²) in [7, 11) is 0. The van der Waals surface area contributed by atoms with Crippen molar-refractivity contribution in [2.75, 3.05) is 25.1 Å². The van der Waals surface area contributed by atoms with Gasteiger partial charge in [-0.25, -0.2) is 15.0 Å². The predicted molar refractivity (Wildman–Crippen MR) is 87.4 cm³/mol. The number of morpholine rings is 1. The van der Waals surface area contributed by atoms with Crippen LogP contribution >= 0.6 is 0 Å². The van der Waals surface area contributed by atoms with Crippen LogP contribution in [-0.2, 0) is 4.74 Å². The number of anilines is 1. The van der Waals surface area contributed by atoms with Gasteiger partial charge in [-0.3, -0.25) is 9.78 Å². The van der Waals surface area contributed by atoms with Crippen LogP contribution in [0.5, 0.6) is 0 Å². The molecule has 1 atom stereocenters. The molecule has 1 N–H and O–H groups in total. The van der Waals surface area contributed by atoms with Crippen LogP contribution in [0.4, 0.5) is 5.82 Å². The Balaban J connectivity index is 1.86. The minimum absolute atomic E-state index is 0.192. The molecule has 24 heavy (non-hydrogen) atoms. The van der Waals surface area contributed by atoms with Crippen LogP contribution in [0.2, 0.25) is 0 Å². The van der Waals surface area contributed by atoms with Gasteiger partial charge in [0.2, 0.25) is 0 Å². The second-order valence-corrected chi connectivity index (χ2v) is 5.78. The zero-order valence-electron chi connectivity index (χ0n) is 13.7. The van der Waals surface area contributed by atoms with Gasteiger partial charge >= 0.3 is 0 Å². The average Bonchev–Trinajstić information content (AvgIpc) is 2.61. The number of carbonyl (C=O) groups is 1. The van der Waals surface area contributed by atoms with Gasteiger partial charge in [-0.1, -0.05) is 0 Å². The molecule has 0 spiro atoms. The number of aromatic nitrogens is 4. The van der Waals surface area contributed by atoms with Gasteiger partial charge < -0.3 is 15.0 Å². The predicted octanol–water partition coefficient (Wildman–Crippen LogP) is 1.30. The summed E-state index contributed by atoms with van der Waals surface area (Å²) in [5.41, 5.74) is 0.306. The lowest BCUT2D eigenvalue weighted by atomic mass is 10.2. The molecular formula is C16H20N6O2. The van der Waals surface area contributed by atoms with Crippen LogP contribution in [0.1, 0.15) is 36.2 Å². The summed E-state index contributed by atoms with van der Waals surface area (Å²) < 4.78 is 5.54. The van der Waals surface area contributed by atoms with Crippen LogP contribution < -0.4 is 5.32 Å². The Kier molecular flexibility index (Phi) is 4.95. The maximum atomic E-state index is 12.7. The maximum Gasteiger partial charge on any atom is 0.274 e. The van der Waals surface area contributed by atoms with Crippen LogP contribution in [0.25, 0.3) is 0 Å². The highest BCUT2D eigenvalue weighted by Gasteiger charge is 2.32. The highest BCUT2D eigenvalue weighted by atomic mass is 16.5. The fourth-order valence-corrected chi connectivity index (χ4v) is 2.53. The molecule has 1 fully saturated rings. The standard InChI is InChI=1S/C16H20N6O2/c1-11(2)20-14-3-4-19-15(21-14)13-10-24-8-7-22(13)16(23)12-9-17-5-6-18-12/h3-6,9,11,13H,7-8,10H2,1-2H3,(H,19,20,21)/t13-/m1/s1. The fraction of sp³-hybridized carbons (Fsp3) is 0.438. The van der Waals surface area contributed by atoms with Crippen LogP contribution in [-0.4, -0.2) is 56.5 Å². The van der Waals surface area contributed by atoms with Gasteiger partial charge in [-0.05, 0) is 19.9 Å². The molecule has 0 radical (unpaired) electrons. The van der Waals surface area contributed by atoms with Crippen molar-refractivity contribution >= 4 is 11.7 Å². The second-order valence-electron chi connectivity index (χ2n) is 5.78. The molecule has 3 rings (SSSR count). The first-order chi connectivity index (χ1) is 11.6. The van der Waals surface area contributed by atoms with E-state index < -0.39 is 0 Å². The Bertz CT molecular complexity index is 694. The molecule has 126 valence electrons. The van der Waals surface area contributed by atoms with Gasteiger partial charge in [0.1, 0.15) is 17.6 Å². The van der Waals surface area contributed by atoms with E-state index >= 15 is 0 Å². The summed E-state index contributed by atoms with van der Waals surface area (Å²) >= 11 is 0.